The molecule has 0 aliphatic rings. The standard InChI is InChI=1S/C21H20N6O4/c1-13-23-18(17-6-4-5-7-22-17)11-19-25-26(21(29)27(13)19)12-20(28)24-14-8-15(30-2)10-16(9-14)31-3/h4-11H,12H2,1-3H3,(H,24,28). The summed E-state index contributed by atoms with van der Waals surface area (Å²) in [5.74, 6) is 1.09. The first-order valence-electron chi connectivity index (χ1n) is 9.40. The minimum absolute atomic E-state index is 0.265. The van der Waals surface area contributed by atoms with Crippen LogP contribution in [0.25, 0.3) is 17.0 Å². The van der Waals surface area contributed by atoms with Gasteiger partial charge in [-0.3, -0.25) is 9.78 Å². The molecular formula is C21H20N6O4. The Morgan fingerprint density at radius 1 is 1.06 bits per heavy atom. The van der Waals surface area contributed by atoms with Gasteiger partial charge in [-0.15, -0.1) is 5.10 Å². The van der Waals surface area contributed by atoms with Gasteiger partial charge in [-0.05, 0) is 19.1 Å². The molecule has 3 heterocycles. The molecule has 3 aromatic heterocycles. The van der Waals surface area contributed by atoms with E-state index in [4.69, 9.17) is 9.47 Å². The Labute approximate surface area is 177 Å². The van der Waals surface area contributed by atoms with Crippen molar-refractivity contribution in [2.24, 2.45) is 0 Å². The van der Waals surface area contributed by atoms with Crippen LogP contribution in [0, 0.1) is 6.92 Å². The van der Waals surface area contributed by atoms with Crippen LogP contribution in [0.4, 0.5) is 5.69 Å². The van der Waals surface area contributed by atoms with Gasteiger partial charge in [-0.1, -0.05) is 6.07 Å². The third-order valence-corrected chi connectivity index (χ3v) is 4.59. The van der Waals surface area contributed by atoms with Crippen LogP contribution in [-0.2, 0) is 11.3 Å². The molecule has 0 aliphatic heterocycles. The molecule has 1 aromatic carbocycles. The van der Waals surface area contributed by atoms with E-state index in [0.717, 1.165) is 4.68 Å². The van der Waals surface area contributed by atoms with E-state index in [1.54, 1.807) is 37.4 Å². The number of rotatable bonds is 6. The zero-order valence-corrected chi connectivity index (χ0v) is 17.2. The maximum absolute atomic E-state index is 12.8. The second-order valence-electron chi connectivity index (χ2n) is 6.69. The molecule has 1 N–H and O–H groups in total. The number of carbonyl (C=O) groups is 1. The molecule has 0 saturated heterocycles. The lowest BCUT2D eigenvalue weighted by molar-refractivity contribution is -0.117. The van der Waals surface area contributed by atoms with Gasteiger partial charge in [0.25, 0.3) is 0 Å². The Kier molecular flexibility index (Phi) is 5.35. The van der Waals surface area contributed by atoms with Crippen molar-refractivity contribution in [1.82, 2.24) is 24.1 Å². The fourth-order valence-corrected chi connectivity index (χ4v) is 3.17. The average Bonchev–Trinajstić information content (AvgIpc) is 3.09. The number of ether oxygens (including phenoxy) is 2. The van der Waals surface area contributed by atoms with Gasteiger partial charge in [-0.25, -0.2) is 18.9 Å². The summed E-state index contributed by atoms with van der Waals surface area (Å²) >= 11 is 0. The maximum atomic E-state index is 12.8. The van der Waals surface area contributed by atoms with E-state index >= 15 is 0 Å². The molecule has 0 spiro atoms. The van der Waals surface area contributed by atoms with Gasteiger partial charge in [0, 0.05) is 36.1 Å². The van der Waals surface area contributed by atoms with Crippen molar-refractivity contribution in [2.75, 3.05) is 19.5 Å². The number of hydrogen-bond donors (Lipinski definition) is 1. The number of nitrogens with one attached hydrogen (secondary N) is 1. The molecule has 0 bridgehead atoms. The van der Waals surface area contributed by atoms with E-state index < -0.39 is 11.6 Å². The smallest absolute Gasteiger partial charge is 0.352 e. The Morgan fingerprint density at radius 2 is 1.81 bits per heavy atom. The van der Waals surface area contributed by atoms with Crippen molar-refractivity contribution < 1.29 is 14.3 Å². The molecule has 4 aromatic rings. The highest BCUT2D eigenvalue weighted by molar-refractivity contribution is 5.91. The number of pyridine rings is 1. The Bertz CT molecular complexity index is 1290. The molecule has 31 heavy (non-hydrogen) atoms. The molecule has 1 amide bonds. The van der Waals surface area contributed by atoms with E-state index in [1.807, 2.05) is 18.2 Å². The van der Waals surface area contributed by atoms with E-state index in [1.165, 1.54) is 18.6 Å². The summed E-state index contributed by atoms with van der Waals surface area (Å²) in [4.78, 5) is 34.1. The highest BCUT2D eigenvalue weighted by Crippen LogP contribution is 2.25. The molecule has 10 nitrogen and oxygen atoms in total. The van der Waals surface area contributed by atoms with Crippen LogP contribution in [0.3, 0.4) is 0 Å². The van der Waals surface area contributed by atoms with Gasteiger partial charge >= 0.3 is 5.69 Å². The fraction of sp³-hybridized carbons (Fsp3) is 0.190. The maximum Gasteiger partial charge on any atom is 0.352 e. The first-order chi connectivity index (χ1) is 15.0. The number of anilines is 1. The predicted molar refractivity (Wildman–Crippen MR) is 113 cm³/mol. The molecule has 0 saturated carbocycles. The molecule has 0 fully saturated rings. The number of aryl methyl sites for hydroxylation is 1. The Morgan fingerprint density at radius 3 is 2.45 bits per heavy atom. The zero-order chi connectivity index (χ0) is 22.0. The van der Waals surface area contributed by atoms with Gasteiger partial charge < -0.3 is 14.8 Å². The summed E-state index contributed by atoms with van der Waals surface area (Å²) in [6.07, 6.45) is 1.67. The largest absolute Gasteiger partial charge is 0.497 e. The third-order valence-electron chi connectivity index (χ3n) is 4.59. The van der Waals surface area contributed by atoms with Crippen LogP contribution >= 0.6 is 0 Å². The van der Waals surface area contributed by atoms with Crippen molar-refractivity contribution in [1.29, 1.82) is 0 Å². The quantitative estimate of drug-likeness (QED) is 0.507. The monoisotopic (exact) mass is 420 g/mol. The van der Waals surface area contributed by atoms with Gasteiger partial charge in [0.1, 0.15) is 23.9 Å². The first kappa shape index (κ1) is 20.1. The second kappa shape index (κ2) is 8.27. The summed E-state index contributed by atoms with van der Waals surface area (Å²) in [6, 6.07) is 12.1. The second-order valence-corrected chi connectivity index (χ2v) is 6.69. The third kappa shape index (κ3) is 4.08. The van der Waals surface area contributed by atoms with Crippen LogP contribution in [0.15, 0.2) is 53.5 Å². The minimum Gasteiger partial charge on any atom is -0.497 e. The molecule has 0 radical (unpaired) electrons. The van der Waals surface area contributed by atoms with Gasteiger partial charge in [0.15, 0.2) is 5.65 Å². The van der Waals surface area contributed by atoms with E-state index in [2.05, 4.69) is 20.4 Å². The van der Waals surface area contributed by atoms with Crippen molar-refractivity contribution in [3.63, 3.8) is 0 Å². The van der Waals surface area contributed by atoms with Crippen molar-refractivity contribution in [3.8, 4) is 22.9 Å². The molecule has 0 aliphatic carbocycles. The fourth-order valence-electron chi connectivity index (χ4n) is 3.17. The number of benzene rings is 1. The number of hydrogen-bond acceptors (Lipinski definition) is 7. The van der Waals surface area contributed by atoms with Crippen LogP contribution in [0.1, 0.15) is 5.82 Å². The SMILES string of the molecule is COc1cc(NC(=O)Cn2nc3cc(-c4ccccn4)nc(C)n3c2=O)cc(OC)c1. The van der Waals surface area contributed by atoms with Gasteiger partial charge in [0.05, 0.1) is 25.6 Å². The van der Waals surface area contributed by atoms with E-state index in [9.17, 15) is 9.59 Å². The summed E-state index contributed by atoms with van der Waals surface area (Å²) in [7, 11) is 3.04. The molecule has 10 heteroatoms. The summed E-state index contributed by atoms with van der Waals surface area (Å²) < 4.78 is 12.9. The summed E-state index contributed by atoms with van der Waals surface area (Å²) in [5.41, 5.74) is 1.67. The van der Waals surface area contributed by atoms with Gasteiger partial charge in [-0.2, -0.15) is 0 Å². The number of fused-ring (bicyclic) bond motifs is 1. The molecule has 0 unspecified atom stereocenters. The lowest BCUT2D eigenvalue weighted by atomic mass is 10.2. The topological polar surface area (TPSA) is 113 Å². The minimum atomic E-state index is -0.453. The van der Waals surface area contributed by atoms with Crippen LogP contribution < -0.4 is 20.5 Å². The van der Waals surface area contributed by atoms with Gasteiger partial charge in [0.2, 0.25) is 5.91 Å². The molecule has 158 valence electrons. The normalized spacial score (nSPS) is 10.8. The molecular weight excluding hydrogens is 400 g/mol. The highest BCUT2D eigenvalue weighted by Gasteiger charge is 2.15. The number of methoxy groups -OCH3 is 2. The highest BCUT2D eigenvalue weighted by atomic mass is 16.5. The number of aromatic nitrogens is 5. The predicted octanol–water partition coefficient (Wildman–Crippen LogP) is 1.92. The summed E-state index contributed by atoms with van der Waals surface area (Å²) in [5, 5.41) is 7.03. The summed E-state index contributed by atoms with van der Waals surface area (Å²) in [6.45, 7) is 1.44. The van der Waals surface area contributed by atoms with Crippen LogP contribution in [0.2, 0.25) is 0 Å². The van der Waals surface area contributed by atoms with Crippen molar-refractivity contribution in [3.05, 3.63) is 65.0 Å². The lowest BCUT2D eigenvalue weighted by Crippen LogP contribution is -2.28. The zero-order valence-electron chi connectivity index (χ0n) is 17.2. The van der Waals surface area contributed by atoms with E-state index in [0.29, 0.717) is 40.0 Å². The number of nitrogens with zero attached hydrogens (tertiary/aromatic N) is 5. The molecule has 4 rings (SSSR count). The Hall–Kier alpha value is -4.21. The number of amides is 1. The van der Waals surface area contributed by atoms with Crippen molar-refractivity contribution in [2.45, 2.75) is 13.5 Å². The Balaban J connectivity index is 1.61. The van der Waals surface area contributed by atoms with Crippen molar-refractivity contribution >= 4 is 17.2 Å². The average molecular weight is 420 g/mol. The van der Waals surface area contributed by atoms with Crippen LogP contribution in [-0.4, -0.2) is 44.3 Å². The van der Waals surface area contributed by atoms with Crippen LogP contribution in [0.5, 0.6) is 11.5 Å². The number of carbonyl (C=O) groups excluding carboxylic acids is 1. The molecule has 0 atom stereocenters. The lowest BCUT2D eigenvalue weighted by Gasteiger charge is -2.09. The van der Waals surface area contributed by atoms with E-state index in [-0.39, 0.29) is 6.54 Å². The first-order valence-corrected chi connectivity index (χ1v) is 9.40.